The zero-order chi connectivity index (χ0) is 18.0. The first-order valence-corrected chi connectivity index (χ1v) is 7.95. The third kappa shape index (κ3) is 12.6. The van der Waals surface area contributed by atoms with Gasteiger partial charge in [0, 0.05) is 12.8 Å². The van der Waals surface area contributed by atoms with Crippen molar-refractivity contribution >= 4 is 0 Å². The van der Waals surface area contributed by atoms with E-state index in [-0.39, 0.29) is 12.8 Å². The molecular formula is C15H26F6O2. The molecule has 0 fully saturated rings. The molecule has 0 aromatic rings. The molecule has 0 amide bonds. The summed E-state index contributed by atoms with van der Waals surface area (Å²) in [4.78, 5) is 0. The molecule has 8 heteroatoms. The molecule has 0 heterocycles. The van der Waals surface area contributed by atoms with E-state index in [1.165, 1.54) is 0 Å². The van der Waals surface area contributed by atoms with Gasteiger partial charge in [0.05, 0.1) is 0 Å². The van der Waals surface area contributed by atoms with Crippen molar-refractivity contribution in [2.45, 2.75) is 83.4 Å². The van der Waals surface area contributed by atoms with Gasteiger partial charge in [-0.05, 0) is 12.8 Å². The molecule has 0 saturated carbocycles. The highest BCUT2D eigenvalue weighted by Gasteiger charge is 2.40. The Morgan fingerprint density at radius 1 is 0.609 bits per heavy atom. The summed E-state index contributed by atoms with van der Waals surface area (Å²) in [5, 5.41) is 0. The van der Waals surface area contributed by atoms with Gasteiger partial charge < -0.3 is 9.47 Å². The van der Waals surface area contributed by atoms with Gasteiger partial charge >= 0.3 is 12.4 Å². The van der Waals surface area contributed by atoms with E-state index in [2.05, 4.69) is 0 Å². The van der Waals surface area contributed by atoms with Crippen molar-refractivity contribution in [3.8, 4) is 0 Å². The molecule has 0 aromatic heterocycles. The monoisotopic (exact) mass is 352 g/mol. The van der Waals surface area contributed by atoms with E-state index in [1.807, 2.05) is 13.8 Å². The number of rotatable bonds is 12. The molecule has 0 atom stereocenters. The topological polar surface area (TPSA) is 18.5 Å². The van der Waals surface area contributed by atoms with Crippen molar-refractivity contribution in [3.63, 3.8) is 0 Å². The highest BCUT2D eigenvalue weighted by Crippen LogP contribution is 2.32. The summed E-state index contributed by atoms with van der Waals surface area (Å²) in [6, 6.07) is 0. The fourth-order valence-electron chi connectivity index (χ4n) is 2.17. The third-order valence-corrected chi connectivity index (χ3v) is 3.32. The Morgan fingerprint density at radius 2 is 0.957 bits per heavy atom. The Balaban J connectivity index is 4.98. The van der Waals surface area contributed by atoms with Crippen LogP contribution in [-0.4, -0.2) is 31.4 Å². The van der Waals surface area contributed by atoms with Crippen molar-refractivity contribution in [1.82, 2.24) is 0 Å². The maximum atomic E-state index is 12.4. The highest BCUT2D eigenvalue weighted by molar-refractivity contribution is 4.73. The average molecular weight is 352 g/mol. The second-order valence-electron chi connectivity index (χ2n) is 5.63. The fraction of sp³-hybridized carbons (Fsp3) is 1.00. The summed E-state index contributed by atoms with van der Waals surface area (Å²) in [5.74, 6) is -1.82. The van der Waals surface area contributed by atoms with Gasteiger partial charge in [-0.15, -0.1) is 0 Å². The van der Waals surface area contributed by atoms with Crippen LogP contribution in [0.25, 0.3) is 0 Å². The minimum absolute atomic E-state index is 0.0245. The van der Waals surface area contributed by atoms with Crippen molar-refractivity contribution < 1.29 is 35.8 Å². The van der Waals surface area contributed by atoms with Gasteiger partial charge in [-0.3, -0.25) is 0 Å². The molecule has 0 aromatic carbocycles. The maximum absolute atomic E-state index is 12.4. The van der Waals surface area contributed by atoms with E-state index in [0.717, 1.165) is 12.8 Å². The number of hydrogen-bond donors (Lipinski definition) is 0. The molecule has 0 N–H and O–H groups in total. The molecule has 0 spiro atoms. The molecule has 23 heavy (non-hydrogen) atoms. The fourth-order valence-corrected chi connectivity index (χ4v) is 2.17. The molecule has 0 bridgehead atoms. The van der Waals surface area contributed by atoms with Gasteiger partial charge in [0.15, 0.2) is 5.79 Å². The zero-order valence-corrected chi connectivity index (χ0v) is 13.7. The lowest BCUT2D eigenvalue weighted by molar-refractivity contribution is -0.315. The Bertz CT molecular complexity index is 271. The van der Waals surface area contributed by atoms with Crippen LogP contribution in [0, 0.1) is 0 Å². The quantitative estimate of drug-likeness (QED) is 0.244. The van der Waals surface area contributed by atoms with Crippen LogP contribution < -0.4 is 0 Å². The van der Waals surface area contributed by atoms with E-state index in [9.17, 15) is 26.3 Å². The van der Waals surface area contributed by atoms with Crippen LogP contribution in [0.5, 0.6) is 0 Å². The lowest BCUT2D eigenvalue weighted by Crippen LogP contribution is -2.41. The molecule has 0 aliphatic carbocycles. The zero-order valence-electron chi connectivity index (χ0n) is 13.7. The summed E-state index contributed by atoms with van der Waals surface area (Å²) >= 11 is 0. The normalized spacial score (nSPS) is 13.6. The van der Waals surface area contributed by atoms with Crippen molar-refractivity contribution in [2.24, 2.45) is 0 Å². The van der Waals surface area contributed by atoms with Gasteiger partial charge in [-0.2, -0.15) is 26.3 Å². The first kappa shape index (κ1) is 22.5. The number of alkyl halides is 6. The van der Waals surface area contributed by atoms with Gasteiger partial charge in [0.25, 0.3) is 0 Å². The van der Waals surface area contributed by atoms with Crippen molar-refractivity contribution in [2.75, 3.05) is 13.2 Å². The molecule has 0 radical (unpaired) electrons. The van der Waals surface area contributed by atoms with Crippen LogP contribution in [0.1, 0.15) is 65.2 Å². The molecule has 0 saturated heterocycles. The molecular weight excluding hydrogens is 326 g/mol. The lowest BCUT2D eigenvalue weighted by Gasteiger charge is -2.35. The maximum Gasteiger partial charge on any atom is 0.411 e. The number of unbranched alkanes of at least 4 members (excludes halogenated alkanes) is 4. The Labute approximate surface area is 133 Å². The van der Waals surface area contributed by atoms with Crippen LogP contribution in [0.2, 0.25) is 0 Å². The predicted octanol–water partition coefficient (Wildman–Crippen LogP) is 6.00. The van der Waals surface area contributed by atoms with Crippen LogP contribution in [0.4, 0.5) is 26.3 Å². The van der Waals surface area contributed by atoms with Gasteiger partial charge in [0.2, 0.25) is 0 Å². The third-order valence-electron chi connectivity index (χ3n) is 3.32. The number of halogens is 6. The van der Waals surface area contributed by atoms with Crippen molar-refractivity contribution in [1.29, 1.82) is 0 Å². The predicted molar refractivity (Wildman–Crippen MR) is 75.0 cm³/mol. The van der Waals surface area contributed by atoms with E-state index in [4.69, 9.17) is 9.47 Å². The Morgan fingerprint density at radius 3 is 1.22 bits per heavy atom. The van der Waals surface area contributed by atoms with Crippen molar-refractivity contribution in [3.05, 3.63) is 0 Å². The Hall–Kier alpha value is -0.500. The van der Waals surface area contributed by atoms with E-state index < -0.39 is 31.4 Å². The second-order valence-corrected chi connectivity index (χ2v) is 5.63. The smallest absolute Gasteiger partial charge is 0.341 e. The minimum atomic E-state index is -4.61. The second kappa shape index (κ2) is 10.4. The summed E-state index contributed by atoms with van der Waals surface area (Å²) in [6.45, 7) is 0.573. The number of hydrogen-bond acceptors (Lipinski definition) is 2. The van der Waals surface area contributed by atoms with Crippen LogP contribution in [-0.2, 0) is 9.47 Å². The summed E-state index contributed by atoms with van der Waals surface area (Å²) in [5.41, 5.74) is 0. The average Bonchev–Trinajstić information content (AvgIpc) is 2.41. The summed E-state index contributed by atoms with van der Waals surface area (Å²) in [6.07, 6.45) is -5.28. The molecule has 2 nitrogen and oxygen atoms in total. The standard InChI is InChI=1S/C15H26F6O2/c1-3-5-7-9-13(10-8-6-4-2,22-11-14(16,17)18)23-12-15(19,20)21/h3-12H2,1-2H3. The van der Waals surface area contributed by atoms with Crippen LogP contribution in [0.3, 0.4) is 0 Å². The Kier molecular flexibility index (Phi) is 10.2. The van der Waals surface area contributed by atoms with E-state index >= 15 is 0 Å². The SMILES string of the molecule is CCCCCC(CCCCC)(OCC(F)(F)F)OCC(F)(F)F. The highest BCUT2D eigenvalue weighted by atomic mass is 19.4. The van der Waals surface area contributed by atoms with Crippen LogP contribution >= 0.6 is 0 Å². The van der Waals surface area contributed by atoms with E-state index in [0.29, 0.717) is 25.7 Å². The van der Waals surface area contributed by atoms with Gasteiger partial charge in [-0.1, -0.05) is 39.5 Å². The molecule has 0 aliphatic rings. The molecule has 0 aliphatic heterocycles. The van der Waals surface area contributed by atoms with E-state index in [1.54, 1.807) is 0 Å². The number of ether oxygens (including phenoxy) is 2. The van der Waals surface area contributed by atoms with Gasteiger partial charge in [0.1, 0.15) is 13.2 Å². The summed E-state index contributed by atoms with van der Waals surface area (Å²) < 4.78 is 84.3. The molecule has 140 valence electrons. The van der Waals surface area contributed by atoms with Gasteiger partial charge in [-0.25, -0.2) is 0 Å². The minimum Gasteiger partial charge on any atom is -0.341 e. The molecule has 0 rings (SSSR count). The first-order valence-electron chi connectivity index (χ1n) is 7.95. The van der Waals surface area contributed by atoms with Crippen LogP contribution in [0.15, 0.2) is 0 Å². The first-order chi connectivity index (χ1) is 10.5. The lowest BCUT2D eigenvalue weighted by atomic mass is 10.0. The molecule has 0 unspecified atom stereocenters. The largest absolute Gasteiger partial charge is 0.411 e. The summed E-state index contributed by atoms with van der Waals surface area (Å²) in [7, 11) is 0.